The van der Waals surface area contributed by atoms with Crippen LogP contribution in [0.25, 0.3) is 0 Å². The van der Waals surface area contributed by atoms with Gasteiger partial charge >= 0.3 is 0 Å². The van der Waals surface area contributed by atoms with Crippen molar-refractivity contribution in [3.05, 3.63) is 92.1 Å². The van der Waals surface area contributed by atoms with E-state index >= 15 is 0 Å². The Bertz CT molecular complexity index is 1080. The second-order valence-electron chi connectivity index (χ2n) is 8.08. The highest BCUT2D eigenvalue weighted by atomic mass is 35.5. The monoisotopic (exact) mass is 490 g/mol. The van der Waals surface area contributed by atoms with Gasteiger partial charge in [0.25, 0.3) is 5.91 Å². The zero-order valence-corrected chi connectivity index (χ0v) is 19.8. The summed E-state index contributed by atoms with van der Waals surface area (Å²) in [6.07, 6.45) is -0.400. The summed E-state index contributed by atoms with van der Waals surface area (Å²) < 4.78 is 34.2. The lowest BCUT2D eigenvalue weighted by Crippen LogP contribution is -2.49. The van der Waals surface area contributed by atoms with E-state index in [-0.39, 0.29) is 18.1 Å². The minimum absolute atomic E-state index is 0.0719. The summed E-state index contributed by atoms with van der Waals surface area (Å²) in [6.45, 7) is 4.93. The number of ether oxygens (including phenoxy) is 1. The molecule has 8 heteroatoms. The largest absolute Gasteiger partial charge is 0.367 e. The minimum Gasteiger partial charge on any atom is -0.367 e. The number of aryl methyl sites for hydroxylation is 1. The first-order valence-corrected chi connectivity index (χ1v) is 12.0. The maximum atomic E-state index is 14.1. The molecule has 3 aromatic rings. The molecule has 174 valence electrons. The second kappa shape index (κ2) is 10.7. The topological polar surface area (TPSA) is 32.8 Å². The second-order valence-corrected chi connectivity index (χ2v) is 9.43. The third-order valence-corrected chi connectivity index (χ3v) is 7.13. The SMILES string of the molecule is Cc1ccsc1C(=O)N1CCN(C[C@H](OCc2c(F)cccc2F)c2ccc(Cl)cc2)CC1. The van der Waals surface area contributed by atoms with Crippen LogP contribution in [0.15, 0.2) is 53.9 Å². The summed E-state index contributed by atoms with van der Waals surface area (Å²) in [4.78, 5) is 17.7. The average Bonchev–Trinajstić information content (AvgIpc) is 3.24. The highest BCUT2D eigenvalue weighted by Gasteiger charge is 2.26. The molecule has 1 aromatic heterocycles. The minimum atomic E-state index is -0.624. The van der Waals surface area contributed by atoms with Crippen molar-refractivity contribution < 1.29 is 18.3 Å². The van der Waals surface area contributed by atoms with E-state index in [4.69, 9.17) is 16.3 Å². The quantitative estimate of drug-likeness (QED) is 0.425. The highest BCUT2D eigenvalue weighted by molar-refractivity contribution is 7.12. The Morgan fingerprint density at radius 1 is 1.06 bits per heavy atom. The fourth-order valence-corrected chi connectivity index (χ4v) is 4.91. The van der Waals surface area contributed by atoms with E-state index in [0.29, 0.717) is 37.7 Å². The molecular formula is C25H25ClF2N2O2S. The Balaban J connectivity index is 1.42. The molecule has 0 aliphatic carbocycles. The molecule has 4 nitrogen and oxygen atoms in total. The number of thiophene rings is 1. The van der Waals surface area contributed by atoms with E-state index in [1.54, 1.807) is 12.1 Å². The van der Waals surface area contributed by atoms with Gasteiger partial charge in [0.1, 0.15) is 11.6 Å². The number of halogens is 3. The van der Waals surface area contributed by atoms with Crippen LogP contribution >= 0.6 is 22.9 Å². The molecule has 0 radical (unpaired) electrons. The molecule has 0 unspecified atom stereocenters. The van der Waals surface area contributed by atoms with Crippen molar-refractivity contribution in [2.24, 2.45) is 0 Å². The van der Waals surface area contributed by atoms with Gasteiger partial charge in [-0.25, -0.2) is 8.78 Å². The number of piperazine rings is 1. The van der Waals surface area contributed by atoms with Gasteiger partial charge in [-0.05, 0) is 53.8 Å². The van der Waals surface area contributed by atoms with Crippen LogP contribution in [0.4, 0.5) is 8.78 Å². The van der Waals surface area contributed by atoms with Crippen molar-refractivity contribution >= 4 is 28.8 Å². The Hall–Kier alpha value is -2.32. The number of carbonyl (C=O) groups excluding carboxylic acids is 1. The van der Waals surface area contributed by atoms with Gasteiger partial charge in [0.05, 0.1) is 17.6 Å². The molecule has 1 amide bonds. The predicted molar refractivity (Wildman–Crippen MR) is 127 cm³/mol. The van der Waals surface area contributed by atoms with Gasteiger partial charge in [0, 0.05) is 43.3 Å². The zero-order valence-electron chi connectivity index (χ0n) is 18.3. The van der Waals surface area contributed by atoms with E-state index in [1.165, 1.54) is 29.5 Å². The van der Waals surface area contributed by atoms with Gasteiger partial charge in [-0.15, -0.1) is 11.3 Å². The standard InChI is InChI=1S/C25H25ClF2N2O2S/c1-17-9-14-33-24(17)25(31)30-12-10-29(11-13-30)15-23(18-5-7-19(26)8-6-18)32-16-20-21(27)3-2-4-22(20)28/h2-9,14,23H,10-13,15-16H2,1H3/t23-/m0/s1. The molecule has 0 saturated carbocycles. The molecule has 4 rings (SSSR count). The van der Waals surface area contributed by atoms with Gasteiger partial charge in [0.2, 0.25) is 0 Å². The third-order valence-electron chi connectivity index (χ3n) is 5.87. The summed E-state index contributed by atoms with van der Waals surface area (Å²) in [5, 5.41) is 2.54. The summed E-state index contributed by atoms with van der Waals surface area (Å²) in [6, 6.07) is 13.0. The van der Waals surface area contributed by atoms with E-state index in [9.17, 15) is 13.6 Å². The third kappa shape index (κ3) is 5.79. The van der Waals surface area contributed by atoms with E-state index < -0.39 is 17.7 Å². The van der Waals surface area contributed by atoms with Crippen molar-refractivity contribution in [3.63, 3.8) is 0 Å². The molecule has 2 heterocycles. The Morgan fingerprint density at radius 2 is 1.73 bits per heavy atom. The van der Waals surface area contributed by atoms with Crippen molar-refractivity contribution in [2.45, 2.75) is 19.6 Å². The van der Waals surface area contributed by atoms with Gasteiger partial charge < -0.3 is 9.64 Å². The number of rotatable bonds is 7. The fraction of sp³-hybridized carbons (Fsp3) is 0.320. The molecule has 33 heavy (non-hydrogen) atoms. The van der Waals surface area contributed by atoms with Crippen molar-refractivity contribution in [1.82, 2.24) is 9.80 Å². The molecule has 2 aromatic carbocycles. The van der Waals surface area contributed by atoms with Crippen LogP contribution in [0.5, 0.6) is 0 Å². The molecule has 1 fully saturated rings. The fourth-order valence-electron chi connectivity index (χ4n) is 3.89. The Morgan fingerprint density at radius 3 is 2.33 bits per heavy atom. The molecule has 1 aliphatic rings. The molecule has 1 aliphatic heterocycles. The van der Waals surface area contributed by atoms with Gasteiger partial charge in [-0.3, -0.25) is 9.69 Å². The lowest BCUT2D eigenvalue weighted by molar-refractivity contribution is 0.00149. The molecule has 0 bridgehead atoms. The van der Waals surface area contributed by atoms with Crippen LogP contribution in [-0.4, -0.2) is 48.4 Å². The summed E-state index contributed by atoms with van der Waals surface area (Å²) in [5.41, 5.74) is 1.80. The molecule has 1 atom stereocenters. The molecule has 0 spiro atoms. The summed E-state index contributed by atoms with van der Waals surface area (Å²) >= 11 is 7.51. The summed E-state index contributed by atoms with van der Waals surface area (Å²) in [5.74, 6) is -1.18. The Kier molecular flexibility index (Phi) is 7.75. The highest BCUT2D eigenvalue weighted by Crippen LogP contribution is 2.25. The maximum absolute atomic E-state index is 14.1. The lowest BCUT2D eigenvalue weighted by atomic mass is 10.1. The maximum Gasteiger partial charge on any atom is 0.264 e. The van der Waals surface area contributed by atoms with Crippen LogP contribution in [0.3, 0.4) is 0 Å². The summed E-state index contributed by atoms with van der Waals surface area (Å²) in [7, 11) is 0. The Labute approximate surface area is 201 Å². The lowest BCUT2D eigenvalue weighted by Gasteiger charge is -2.36. The van der Waals surface area contributed by atoms with Crippen molar-refractivity contribution in [3.8, 4) is 0 Å². The van der Waals surface area contributed by atoms with Crippen LogP contribution < -0.4 is 0 Å². The predicted octanol–water partition coefficient (Wildman–Crippen LogP) is 5.70. The number of amides is 1. The van der Waals surface area contributed by atoms with Gasteiger partial charge in [-0.2, -0.15) is 0 Å². The van der Waals surface area contributed by atoms with E-state index in [1.807, 2.05) is 35.4 Å². The number of hydrogen-bond acceptors (Lipinski definition) is 4. The average molecular weight is 491 g/mol. The smallest absolute Gasteiger partial charge is 0.264 e. The van der Waals surface area contributed by atoms with E-state index in [0.717, 1.165) is 16.0 Å². The number of carbonyl (C=O) groups is 1. The van der Waals surface area contributed by atoms with Crippen LogP contribution in [0, 0.1) is 18.6 Å². The molecular weight excluding hydrogens is 466 g/mol. The normalized spacial score (nSPS) is 15.6. The first kappa shape index (κ1) is 23.8. The van der Waals surface area contributed by atoms with Gasteiger partial charge in [-0.1, -0.05) is 29.8 Å². The first-order valence-electron chi connectivity index (χ1n) is 10.8. The number of benzene rings is 2. The number of nitrogens with zero attached hydrogens (tertiary/aromatic N) is 2. The van der Waals surface area contributed by atoms with E-state index in [2.05, 4.69) is 4.90 Å². The molecule has 0 N–H and O–H groups in total. The molecule has 1 saturated heterocycles. The number of hydrogen-bond donors (Lipinski definition) is 0. The van der Waals surface area contributed by atoms with Crippen LogP contribution in [0.1, 0.15) is 32.5 Å². The van der Waals surface area contributed by atoms with Crippen molar-refractivity contribution in [1.29, 1.82) is 0 Å². The van der Waals surface area contributed by atoms with Gasteiger partial charge in [0.15, 0.2) is 0 Å². The van der Waals surface area contributed by atoms with Crippen LogP contribution in [0.2, 0.25) is 5.02 Å². The first-order chi connectivity index (χ1) is 15.9. The zero-order chi connectivity index (χ0) is 23.4. The van der Waals surface area contributed by atoms with Crippen LogP contribution in [-0.2, 0) is 11.3 Å². The van der Waals surface area contributed by atoms with Crippen molar-refractivity contribution in [2.75, 3.05) is 32.7 Å².